The molecule has 0 aliphatic carbocycles. The van der Waals surface area contributed by atoms with Crippen LogP contribution in [0.1, 0.15) is 20.3 Å². The van der Waals surface area contributed by atoms with Gasteiger partial charge in [-0.2, -0.15) is 10.2 Å². The fraction of sp³-hybridized carbons (Fsp3) is 1.00. The molecule has 0 fully saturated rings. The van der Waals surface area contributed by atoms with E-state index in [0.29, 0.717) is 0 Å². The molecule has 0 radical (unpaired) electrons. The Bertz CT molecular complexity index is 111. The van der Waals surface area contributed by atoms with Crippen LogP contribution in [0.15, 0.2) is 10.2 Å². The van der Waals surface area contributed by atoms with Crippen molar-refractivity contribution >= 4 is 0 Å². The topological polar surface area (TPSA) is 50.7 Å². The molecule has 0 aromatic heterocycles. The maximum absolute atomic E-state index is 5.50. The molecule has 1 aliphatic rings. The summed E-state index contributed by atoms with van der Waals surface area (Å²) in [6.45, 7) is 3.95. The van der Waals surface area contributed by atoms with E-state index in [9.17, 15) is 0 Å². The van der Waals surface area contributed by atoms with E-state index in [0.717, 1.165) is 6.42 Å². The lowest BCUT2D eigenvalue weighted by Gasteiger charge is -2.05. The minimum atomic E-state index is -0.103. The Morgan fingerprint density at radius 2 is 2.12 bits per heavy atom. The molecule has 1 unspecified atom stereocenters. The first-order chi connectivity index (χ1) is 3.62. The van der Waals surface area contributed by atoms with Gasteiger partial charge in [-0.3, -0.25) is 0 Å². The molecule has 1 aliphatic heterocycles. The van der Waals surface area contributed by atoms with Gasteiger partial charge in [0.2, 0.25) is 0 Å². The van der Waals surface area contributed by atoms with Crippen molar-refractivity contribution in [3.8, 4) is 0 Å². The van der Waals surface area contributed by atoms with Crippen LogP contribution in [0.2, 0.25) is 0 Å². The zero-order chi connectivity index (χ0) is 6.20. The van der Waals surface area contributed by atoms with Crippen LogP contribution >= 0.6 is 0 Å². The zero-order valence-corrected chi connectivity index (χ0v) is 5.26. The van der Waals surface area contributed by atoms with E-state index in [1.165, 1.54) is 0 Å². The van der Waals surface area contributed by atoms with Gasteiger partial charge >= 0.3 is 0 Å². The normalized spacial score (nSPS) is 25.4. The van der Waals surface area contributed by atoms with Crippen molar-refractivity contribution in [1.82, 2.24) is 0 Å². The average Bonchev–Trinajstić information content (AvgIpc) is 2.17. The fourth-order valence-corrected chi connectivity index (χ4v) is 0.777. The molecule has 46 valence electrons. The third kappa shape index (κ3) is 1.26. The third-order valence-corrected chi connectivity index (χ3v) is 1.15. The Morgan fingerprint density at radius 1 is 1.62 bits per heavy atom. The van der Waals surface area contributed by atoms with Crippen molar-refractivity contribution in [2.45, 2.75) is 32.0 Å². The molecule has 1 heterocycles. The molecule has 0 aromatic carbocycles. The van der Waals surface area contributed by atoms with Crippen LogP contribution in [0.5, 0.6) is 0 Å². The van der Waals surface area contributed by atoms with Gasteiger partial charge in [-0.05, 0) is 13.8 Å². The van der Waals surface area contributed by atoms with E-state index in [4.69, 9.17) is 5.73 Å². The van der Waals surface area contributed by atoms with Crippen LogP contribution in [0, 0.1) is 0 Å². The van der Waals surface area contributed by atoms with Crippen LogP contribution in [-0.2, 0) is 0 Å². The second-order valence-corrected chi connectivity index (χ2v) is 2.60. The Balaban J connectivity index is 2.20. The number of hydrogen-bond acceptors (Lipinski definition) is 3. The summed E-state index contributed by atoms with van der Waals surface area (Å²) in [7, 11) is 0. The predicted octanol–water partition coefficient (Wildman–Crippen LogP) is 0.906. The summed E-state index contributed by atoms with van der Waals surface area (Å²) in [5, 5.41) is 7.64. The van der Waals surface area contributed by atoms with E-state index in [-0.39, 0.29) is 11.7 Å². The molecular formula is C5H11N3. The van der Waals surface area contributed by atoms with Crippen LogP contribution in [0.25, 0.3) is 0 Å². The first-order valence-electron chi connectivity index (χ1n) is 2.82. The second kappa shape index (κ2) is 1.52. The highest BCUT2D eigenvalue weighted by Crippen LogP contribution is 2.31. The van der Waals surface area contributed by atoms with Gasteiger partial charge in [0, 0.05) is 12.5 Å². The highest BCUT2D eigenvalue weighted by Gasteiger charge is 2.34. The lowest BCUT2D eigenvalue weighted by molar-refractivity contribution is 0.531. The monoisotopic (exact) mass is 113 g/mol. The maximum Gasteiger partial charge on any atom is 0.189 e. The molecule has 1 rings (SSSR count). The smallest absolute Gasteiger partial charge is 0.189 e. The van der Waals surface area contributed by atoms with Crippen molar-refractivity contribution < 1.29 is 0 Å². The Labute approximate surface area is 49.0 Å². The summed E-state index contributed by atoms with van der Waals surface area (Å²) in [5.74, 6) is 0. The van der Waals surface area contributed by atoms with E-state index in [1.54, 1.807) is 0 Å². The summed E-state index contributed by atoms with van der Waals surface area (Å²) in [5.41, 5.74) is 5.40. The molecule has 3 heteroatoms. The van der Waals surface area contributed by atoms with Gasteiger partial charge in [0.25, 0.3) is 0 Å². The van der Waals surface area contributed by atoms with Crippen molar-refractivity contribution in [2.75, 3.05) is 0 Å². The molecule has 0 saturated carbocycles. The quantitative estimate of drug-likeness (QED) is 0.568. The standard InChI is InChI=1S/C5H11N3/c1-4(6)3-5(2)7-8-5/h4H,3,6H2,1-2H3. The number of rotatable bonds is 2. The van der Waals surface area contributed by atoms with Gasteiger partial charge in [-0.25, -0.2) is 0 Å². The van der Waals surface area contributed by atoms with Crippen LogP contribution in [0.4, 0.5) is 0 Å². The summed E-state index contributed by atoms with van der Waals surface area (Å²) in [6.07, 6.45) is 0.882. The van der Waals surface area contributed by atoms with E-state index >= 15 is 0 Å². The first-order valence-corrected chi connectivity index (χ1v) is 2.82. The average molecular weight is 113 g/mol. The van der Waals surface area contributed by atoms with Crippen molar-refractivity contribution in [1.29, 1.82) is 0 Å². The maximum atomic E-state index is 5.50. The SMILES string of the molecule is CC(N)CC1(C)N=N1. The first kappa shape index (κ1) is 5.69. The van der Waals surface area contributed by atoms with Gasteiger partial charge in [0.1, 0.15) is 0 Å². The summed E-state index contributed by atoms with van der Waals surface area (Å²) >= 11 is 0. The van der Waals surface area contributed by atoms with Gasteiger partial charge in [-0.15, -0.1) is 0 Å². The largest absolute Gasteiger partial charge is 0.328 e. The molecule has 0 aromatic rings. The summed E-state index contributed by atoms with van der Waals surface area (Å²) < 4.78 is 0. The van der Waals surface area contributed by atoms with Gasteiger partial charge in [0.05, 0.1) is 0 Å². The second-order valence-electron chi connectivity index (χ2n) is 2.60. The number of nitrogens with zero attached hydrogens (tertiary/aromatic N) is 2. The van der Waals surface area contributed by atoms with Crippen molar-refractivity contribution in [2.24, 2.45) is 16.0 Å². The van der Waals surface area contributed by atoms with E-state index in [2.05, 4.69) is 10.2 Å². The van der Waals surface area contributed by atoms with Gasteiger partial charge in [-0.1, -0.05) is 0 Å². The van der Waals surface area contributed by atoms with Gasteiger partial charge in [0.15, 0.2) is 5.66 Å². The Hall–Kier alpha value is -0.440. The molecule has 0 spiro atoms. The minimum Gasteiger partial charge on any atom is -0.328 e. The summed E-state index contributed by atoms with van der Waals surface area (Å²) in [4.78, 5) is 0. The summed E-state index contributed by atoms with van der Waals surface area (Å²) in [6, 6.07) is 0.218. The molecule has 0 amide bonds. The fourth-order valence-electron chi connectivity index (χ4n) is 0.777. The van der Waals surface area contributed by atoms with Crippen LogP contribution < -0.4 is 5.73 Å². The van der Waals surface area contributed by atoms with E-state index in [1.807, 2.05) is 13.8 Å². The zero-order valence-electron chi connectivity index (χ0n) is 5.26. The molecule has 2 N–H and O–H groups in total. The Kier molecular flexibility index (Phi) is 1.08. The van der Waals surface area contributed by atoms with Crippen molar-refractivity contribution in [3.63, 3.8) is 0 Å². The highest BCUT2D eigenvalue weighted by molar-refractivity contribution is 4.90. The predicted molar refractivity (Wildman–Crippen MR) is 31.5 cm³/mol. The molecule has 3 nitrogen and oxygen atoms in total. The van der Waals surface area contributed by atoms with Crippen LogP contribution in [0.3, 0.4) is 0 Å². The molecule has 0 bridgehead atoms. The van der Waals surface area contributed by atoms with Crippen LogP contribution in [-0.4, -0.2) is 11.7 Å². The third-order valence-electron chi connectivity index (χ3n) is 1.15. The molecular weight excluding hydrogens is 102 g/mol. The number of hydrogen-bond donors (Lipinski definition) is 1. The lowest BCUT2D eigenvalue weighted by Crippen LogP contribution is -2.22. The van der Waals surface area contributed by atoms with E-state index < -0.39 is 0 Å². The molecule has 8 heavy (non-hydrogen) atoms. The lowest BCUT2D eigenvalue weighted by atomic mass is 10.1. The Morgan fingerprint density at radius 3 is 2.25 bits per heavy atom. The van der Waals surface area contributed by atoms with Crippen molar-refractivity contribution in [3.05, 3.63) is 0 Å². The molecule has 1 atom stereocenters. The molecule has 0 saturated heterocycles. The van der Waals surface area contributed by atoms with Gasteiger partial charge < -0.3 is 5.73 Å². The minimum absolute atomic E-state index is 0.103. The highest BCUT2D eigenvalue weighted by atomic mass is 15.4. The number of nitrogens with two attached hydrogens (primary N) is 1.